The van der Waals surface area contributed by atoms with Crippen molar-refractivity contribution in [2.75, 3.05) is 32.8 Å². The smallest absolute Gasteiger partial charge is 0.247 e. The highest BCUT2D eigenvalue weighted by molar-refractivity contribution is 5.90. The van der Waals surface area contributed by atoms with E-state index in [9.17, 15) is 30.0 Å². The molecule has 0 bridgehead atoms. The molecule has 0 radical (unpaired) electrons. The van der Waals surface area contributed by atoms with E-state index in [1.807, 2.05) is 26.0 Å². The molecule has 13 heteroatoms. The Hall–Kier alpha value is -3.07. The van der Waals surface area contributed by atoms with Crippen molar-refractivity contribution in [3.05, 3.63) is 46.6 Å². The highest BCUT2D eigenvalue weighted by Gasteiger charge is 2.45. The van der Waals surface area contributed by atoms with Crippen molar-refractivity contribution < 1.29 is 39.5 Å². The molecule has 0 saturated carbocycles. The fraction of sp³-hybridized carbons (Fsp3) is 0.656. The molecule has 0 spiro atoms. The predicted molar refractivity (Wildman–Crippen MR) is 166 cm³/mol. The third-order valence-electron chi connectivity index (χ3n) is 8.43. The summed E-state index contributed by atoms with van der Waals surface area (Å²) < 4.78 is 11.4. The minimum absolute atomic E-state index is 0.0547. The van der Waals surface area contributed by atoms with E-state index in [4.69, 9.17) is 9.47 Å². The highest BCUT2D eigenvalue weighted by atomic mass is 16.7. The number of aryl methyl sites for hydroxylation is 1. The molecule has 250 valence electrons. The lowest BCUT2D eigenvalue weighted by atomic mass is 9.97. The van der Waals surface area contributed by atoms with Crippen LogP contribution in [-0.2, 0) is 27.2 Å². The van der Waals surface area contributed by atoms with Crippen molar-refractivity contribution in [3.63, 3.8) is 0 Å². The van der Waals surface area contributed by atoms with Crippen LogP contribution in [0.3, 0.4) is 0 Å². The zero-order valence-electron chi connectivity index (χ0n) is 26.7. The normalized spacial score (nSPS) is 24.1. The maximum absolute atomic E-state index is 12.8. The van der Waals surface area contributed by atoms with Gasteiger partial charge in [-0.05, 0) is 50.2 Å². The second-order valence-electron chi connectivity index (χ2n) is 12.8. The predicted octanol–water partition coefficient (Wildman–Crippen LogP) is 0.342. The van der Waals surface area contributed by atoms with Gasteiger partial charge in [0.05, 0.1) is 6.61 Å². The van der Waals surface area contributed by atoms with Crippen LogP contribution in [0.5, 0.6) is 5.88 Å². The van der Waals surface area contributed by atoms with Crippen LogP contribution in [0.4, 0.5) is 0 Å². The van der Waals surface area contributed by atoms with E-state index in [-0.39, 0.29) is 23.6 Å². The number of carbonyl (C=O) groups excluding carboxylic acids is 2. The summed E-state index contributed by atoms with van der Waals surface area (Å²) in [5.74, 6) is 0.132. The zero-order valence-corrected chi connectivity index (χ0v) is 26.7. The molecule has 2 saturated heterocycles. The van der Waals surface area contributed by atoms with Crippen LogP contribution in [0.2, 0.25) is 0 Å². The van der Waals surface area contributed by atoms with Crippen LogP contribution in [0.15, 0.2) is 24.3 Å². The molecule has 5 atom stereocenters. The van der Waals surface area contributed by atoms with E-state index in [0.717, 1.165) is 48.3 Å². The van der Waals surface area contributed by atoms with Gasteiger partial charge in [0.2, 0.25) is 24.0 Å². The van der Waals surface area contributed by atoms with E-state index in [0.29, 0.717) is 32.4 Å². The molecule has 2 amide bonds. The first-order chi connectivity index (χ1) is 21.4. The van der Waals surface area contributed by atoms with Crippen molar-refractivity contribution in [3.8, 4) is 5.88 Å². The number of ether oxygens (including phenoxy) is 2. The van der Waals surface area contributed by atoms with Gasteiger partial charge in [-0.3, -0.25) is 14.7 Å². The summed E-state index contributed by atoms with van der Waals surface area (Å²) >= 11 is 0. The number of aromatic amines is 1. The first kappa shape index (κ1) is 34.8. The molecule has 2 aliphatic rings. The fourth-order valence-electron chi connectivity index (χ4n) is 5.75. The lowest BCUT2D eigenvalue weighted by Crippen LogP contribution is -2.60. The van der Waals surface area contributed by atoms with Crippen LogP contribution < -0.4 is 15.4 Å². The second-order valence-corrected chi connectivity index (χ2v) is 12.8. The van der Waals surface area contributed by atoms with Gasteiger partial charge in [-0.1, -0.05) is 38.1 Å². The van der Waals surface area contributed by atoms with Crippen LogP contribution >= 0.6 is 0 Å². The van der Waals surface area contributed by atoms with Crippen LogP contribution in [0.25, 0.3) is 0 Å². The molecule has 3 heterocycles. The monoisotopic (exact) mass is 631 g/mol. The fourth-order valence-corrected chi connectivity index (χ4v) is 5.75. The van der Waals surface area contributed by atoms with Crippen molar-refractivity contribution in [2.45, 2.75) is 102 Å². The molecule has 13 nitrogen and oxygen atoms in total. The van der Waals surface area contributed by atoms with Crippen molar-refractivity contribution in [1.29, 1.82) is 0 Å². The van der Waals surface area contributed by atoms with Gasteiger partial charge in [0.25, 0.3) is 0 Å². The minimum atomic E-state index is -1.55. The number of piperazine rings is 1. The van der Waals surface area contributed by atoms with Gasteiger partial charge in [-0.2, -0.15) is 0 Å². The number of H-pyrrole nitrogens is 1. The maximum atomic E-state index is 12.8. The zero-order chi connectivity index (χ0) is 32.7. The minimum Gasteiger partial charge on any atom is -0.443 e. The van der Waals surface area contributed by atoms with Crippen LogP contribution in [-0.4, -0.2) is 116 Å². The molecule has 4 rings (SSSR count). The largest absolute Gasteiger partial charge is 0.443 e. The van der Waals surface area contributed by atoms with Gasteiger partial charge in [-0.15, -0.1) is 5.10 Å². The topological polar surface area (TPSA) is 190 Å². The Morgan fingerprint density at radius 3 is 2.38 bits per heavy atom. The van der Waals surface area contributed by atoms with Gasteiger partial charge in [0, 0.05) is 50.3 Å². The number of hydrogen-bond acceptors (Lipinski definition) is 10. The van der Waals surface area contributed by atoms with Crippen LogP contribution in [0, 0.1) is 0 Å². The Morgan fingerprint density at radius 2 is 1.73 bits per heavy atom. The number of aliphatic hydroxyl groups excluding tert-OH is 4. The molecule has 7 N–H and O–H groups in total. The summed E-state index contributed by atoms with van der Waals surface area (Å²) in [6.45, 7) is 9.83. The molecule has 45 heavy (non-hydrogen) atoms. The summed E-state index contributed by atoms with van der Waals surface area (Å²) in [4.78, 5) is 27.2. The molecular weight excluding hydrogens is 582 g/mol. The maximum Gasteiger partial charge on any atom is 0.247 e. The summed E-state index contributed by atoms with van der Waals surface area (Å²) in [5.41, 5.74) is 2.85. The number of carbonyl (C=O) groups is 2. The summed E-state index contributed by atoms with van der Waals surface area (Å²) in [5, 5.41) is 53.6. The first-order valence-corrected chi connectivity index (χ1v) is 15.8. The number of nitrogens with one attached hydrogen (secondary N) is 3. The number of hydrogen-bond donors (Lipinski definition) is 7. The molecule has 2 fully saturated rings. The van der Waals surface area contributed by atoms with Crippen LogP contribution in [0.1, 0.15) is 75.3 Å². The summed E-state index contributed by atoms with van der Waals surface area (Å²) in [7, 11) is 0. The Kier molecular flexibility index (Phi) is 12.0. The number of aromatic nitrogens is 2. The highest BCUT2D eigenvalue weighted by Crippen LogP contribution is 2.31. The third kappa shape index (κ3) is 8.81. The Labute approximate surface area is 264 Å². The number of aliphatic hydroxyl groups is 4. The van der Waals surface area contributed by atoms with E-state index >= 15 is 0 Å². The Morgan fingerprint density at radius 1 is 1.07 bits per heavy atom. The van der Waals surface area contributed by atoms with E-state index in [2.05, 4.69) is 33.0 Å². The average molecular weight is 632 g/mol. The lowest BCUT2D eigenvalue weighted by molar-refractivity contribution is -0.278. The quantitative estimate of drug-likeness (QED) is 0.152. The molecule has 2 aliphatic heterocycles. The molecule has 1 aromatic heterocycles. The average Bonchev–Trinajstić information content (AvgIpc) is 3.42. The number of unbranched alkanes of at least 4 members (excludes halogenated alkanes) is 1. The summed E-state index contributed by atoms with van der Waals surface area (Å²) in [6, 6.07) is 8.16. The van der Waals surface area contributed by atoms with Crippen molar-refractivity contribution in [1.82, 2.24) is 25.7 Å². The summed E-state index contributed by atoms with van der Waals surface area (Å²) in [6.07, 6.45) is -3.79. The molecule has 0 unspecified atom stereocenters. The molecule has 2 aromatic rings. The molecular formula is C32H49N5O8. The Balaban J connectivity index is 1.29. The van der Waals surface area contributed by atoms with Gasteiger partial charge in [-0.25, -0.2) is 0 Å². The van der Waals surface area contributed by atoms with Gasteiger partial charge in [0.1, 0.15) is 30.0 Å². The van der Waals surface area contributed by atoms with E-state index < -0.39 is 42.9 Å². The third-order valence-corrected chi connectivity index (χ3v) is 8.43. The van der Waals surface area contributed by atoms with Gasteiger partial charge >= 0.3 is 0 Å². The van der Waals surface area contributed by atoms with E-state index in [1.54, 1.807) is 18.7 Å². The number of amides is 2. The number of nitrogens with zero attached hydrogens (tertiary/aromatic N) is 2. The SMILES string of the molecule is CC(C)c1[nH]nc(O[C@@H]2O[C@H](CO)[C@H](O)[C@H](O)[C@H]2O)c1Cc1ccc(CCCCC(=O)NC(C)(C)C(=O)N2CCNCC2)cc1. The molecule has 0 aliphatic carbocycles. The first-order valence-electron chi connectivity index (χ1n) is 15.8. The standard InChI is InChI=1S/C32H49N5O8/c1-19(2)25-22(29(36-35-25)45-30-28(42)27(41)26(40)23(18-38)44-30)17-21-11-9-20(10-12-21)7-5-6-8-24(39)34-32(3,4)31(43)37-15-13-33-14-16-37/h9-12,19,23,26-28,30,33,38,40-42H,5-8,13-18H2,1-4H3,(H,34,39)(H,35,36)/t23-,26+,27+,28-,30+/m1/s1. The number of benzene rings is 1. The number of rotatable bonds is 13. The molecule has 1 aromatic carbocycles. The van der Waals surface area contributed by atoms with Gasteiger partial charge in [0.15, 0.2) is 0 Å². The van der Waals surface area contributed by atoms with Crippen molar-refractivity contribution >= 4 is 11.8 Å². The lowest BCUT2D eigenvalue weighted by Gasteiger charge is -2.39. The van der Waals surface area contributed by atoms with Crippen molar-refractivity contribution in [2.24, 2.45) is 0 Å². The van der Waals surface area contributed by atoms with E-state index in [1.165, 1.54) is 0 Å². The Bertz CT molecular complexity index is 1260. The van der Waals surface area contributed by atoms with Gasteiger partial charge < -0.3 is 45.4 Å². The second kappa shape index (κ2) is 15.5.